The molecule has 0 radical (unpaired) electrons. The highest BCUT2D eigenvalue weighted by Gasteiger charge is 2.30. The zero-order valence-corrected chi connectivity index (χ0v) is 19.5. The van der Waals surface area contributed by atoms with Crippen molar-refractivity contribution in [2.24, 2.45) is 0 Å². The van der Waals surface area contributed by atoms with Crippen LogP contribution in [0.5, 0.6) is 0 Å². The number of pyridine rings is 2. The lowest BCUT2D eigenvalue weighted by molar-refractivity contribution is -0.117. The van der Waals surface area contributed by atoms with Gasteiger partial charge in [-0.05, 0) is 12.1 Å². The minimum Gasteiger partial charge on any atom is -0.343 e. The highest BCUT2D eigenvalue weighted by atomic mass is 32.2. The van der Waals surface area contributed by atoms with Gasteiger partial charge >= 0.3 is 0 Å². The highest BCUT2D eigenvalue weighted by molar-refractivity contribution is 8.05. The normalized spacial score (nSPS) is 12.3. The summed E-state index contributed by atoms with van der Waals surface area (Å²) in [6, 6.07) is 16.0. The lowest BCUT2D eigenvalue weighted by Crippen LogP contribution is -2.24. The summed E-state index contributed by atoms with van der Waals surface area (Å²) < 4.78 is 0. The minimum absolute atomic E-state index is 0.135. The molecule has 0 saturated heterocycles. The van der Waals surface area contributed by atoms with Gasteiger partial charge in [-0.2, -0.15) is 0 Å². The molecule has 32 heavy (non-hydrogen) atoms. The molecule has 160 valence electrons. The van der Waals surface area contributed by atoms with E-state index in [9.17, 15) is 9.59 Å². The van der Waals surface area contributed by atoms with E-state index in [1.54, 1.807) is 42.7 Å². The predicted molar refractivity (Wildman–Crippen MR) is 127 cm³/mol. The van der Waals surface area contributed by atoms with Gasteiger partial charge in [0.15, 0.2) is 0 Å². The van der Waals surface area contributed by atoms with Crippen LogP contribution in [0.25, 0.3) is 21.8 Å². The first kappa shape index (κ1) is 20.8. The van der Waals surface area contributed by atoms with Crippen LogP contribution in [0.4, 0.5) is 0 Å². The fraction of sp³-hybridized carbons (Fsp3) is 0.167. The molecule has 2 amide bonds. The third-order valence-corrected chi connectivity index (χ3v) is 8.03. The largest absolute Gasteiger partial charge is 0.343 e. The molecule has 0 N–H and O–H groups in total. The van der Waals surface area contributed by atoms with Crippen LogP contribution in [0.15, 0.2) is 68.1 Å². The highest BCUT2D eigenvalue weighted by Crippen LogP contribution is 2.54. The molecule has 2 aromatic carbocycles. The van der Waals surface area contributed by atoms with Gasteiger partial charge in [-0.1, -0.05) is 59.9 Å². The van der Waals surface area contributed by atoms with Crippen molar-refractivity contribution in [3.63, 3.8) is 0 Å². The summed E-state index contributed by atoms with van der Waals surface area (Å²) in [5.74, 6) is -0.135. The van der Waals surface area contributed by atoms with E-state index in [-0.39, 0.29) is 5.91 Å². The monoisotopic (exact) mass is 460 g/mol. The average molecular weight is 461 g/mol. The van der Waals surface area contributed by atoms with Gasteiger partial charge < -0.3 is 9.80 Å². The Morgan fingerprint density at radius 2 is 1.41 bits per heavy atom. The fourth-order valence-corrected chi connectivity index (χ4v) is 6.46. The lowest BCUT2D eigenvalue weighted by Gasteiger charge is -2.26. The summed E-state index contributed by atoms with van der Waals surface area (Å²) in [5.41, 5.74) is 2.94. The van der Waals surface area contributed by atoms with Gasteiger partial charge in [-0.25, -0.2) is 9.97 Å². The lowest BCUT2D eigenvalue weighted by atomic mass is 10.2. The Balaban J connectivity index is 1.80. The number of carbonyl (C=O) groups excluding carboxylic acids is 2. The van der Waals surface area contributed by atoms with Gasteiger partial charge in [0, 0.05) is 41.7 Å². The second-order valence-corrected chi connectivity index (χ2v) is 9.84. The van der Waals surface area contributed by atoms with E-state index in [1.165, 1.54) is 11.8 Å². The van der Waals surface area contributed by atoms with E-state index in [0.717, 1.165) is 53.5 Å². The van der Waals surface area contributed by atoms with E-state index in [2.05, 4.69) is 6.07 Å². The van der Waals surface area contributed by atoms with Crippen LogP contribution in [0.1, 0.15) is 16.2 Å². The van der Waals surface area contributed by atoms with Crippen LogP contribution >= 0.6 is 23.5 Å². The van der Waals surface area contributed by atoms with Crippen molar-refractivity contribution in [3.05, 3.63) is 59.9 Å². The number of amides is 2. The van der Waals surface area contributed by atoms with E-state index < -0.39 is 0 Å². The Morgan fingerprint density at radius 3 is 2.03 bits per heavy atom. The van der Waals surface area contributed by atoms with Crippen LogP contribution in [0, 0.1) is 0 Å². The number of hydrogen-bond donors (Lipinski definition) is 0. The summed E-state index contributed by atoms with van der Waals surface area (Å²) >= 11 is 3.18. The first-order valence-electron chi connectivity index (χ1n) is 10.0. The first-order valence-corrected chi connectivity index (χ1v) is 11.7. The molecule has 0 bridgehead atoms. The number of benzene rings is 2. The van der Waals surface area contributed by atoms with Gasteiger partial charge in [-0.15, -0.1) is 0 Å². The van der Waals surface area contributed by atoms with Crippen LogP contribution in [-0.2, 0) is 11.3 Å². The van der Waals surface area contributed by atoms with Crippen molar-refractivity contribution >= 4 is 57.6 Å². The molecule has 0 fully saturated rings. The van der Waals surface area contributed by atoms with E-state index >= 15 is 0 Å². The molecule has 1 aliphatic heterocycles. The molecule has 0 saturated carbocycles. The summed E-state index contributed by atoms with van der Waals surface area (Å²) in [6.07, 6.45) is 0.800. The molecule has 6 nitrogen and oxygen atoms in total. The second kappa shape index (κ2) is 8.11. The maximum Gasteiger partial charge on any atom is 0.273 e. The predicted octanol–water partition coefficient (Wildman–Crippen LogP) is 4.69. The molecule has 4 aromatic rings. The third-order valence-electron chi connectivity index (χ3n) is 5.27. The van der Waals surface area contributed by atoms with E-state index in [4.69, 9.17) is 9.97 Å². The van der Waals surface area contributed by atoms with Gasteiger partial charge in [0.2, 0.25) is 6.41 Å². The number of para-hydroxylation sites is 2. The topological polar surface area (TPSA) is 66.4 Å². The first-order chi connectivity index (χ1) is 15.5. The summed E-state index contributed by atoms with van der Waals surface area (Å²) in [7, 11) is 5.21. The molecule has 3 heterocycles. The van der Waals surface area contributed by atoms with Crippen molar-refractivity contribution in [1.29, 1.82) is 0 Å². The number of carbonyl (C=O) groups is 2. The molecule has 0 atom stereocenters. The minimum atomic E-state index is -0.135. The number of rotatable bonds is 4. The summed E-state index contributed by atoms with van der Waals surface area (Å²) in [6.45, 7) is 0.386. The molecule has 0 aliphatic carbocycles. The Morgan fingerprint density at radius 1 is 0.844 bits per heavy atom. The van der Waals surface area contributed by atoms with Crippen LogP contribution in [0.3, 0.4) is 0 Å². The molecule has 2 aromatic heterocycles. The quantitative estimate of drug-likeness (QED) is 0.363. The Hall–Kier alpha value is -3.10. The molecule has 0 unspecified atom stereocenters. The Bertz CT molecular complexity index is 1400. The molecule has 5 rings (SSSR count). The molecule has 1 aliphatic rings. The second-order valence-electron chi connectivity index (χ2n) is 7.79. The maximum absolute atomic E-state index is 13.1. The average Bonchev–Trinajstić information content (AvgIpc) is 2.82. The fourth-order valence-electron chi connectivity index (χ4n) is 3.72. The number of fused-ring (bicyclic) bond motifs is 6. The summed E-state index contributed by atoms with van der Waals surface area (Å²) in [4.78, 5) is 41.1. The summed E-state index contributed by atoms with van der Waals surface area (Å²) in [5, 5.41) is 2.08. The third kappa shape index (κ3) is 3.40. The van der Waals surface area contributed by atoms with Gasteiger partial charge in [0.25, 0.3) is 5.91 Å². The van der Waals surface area contributed by atoms with Crippen molar-refractivity contribution in [1.82, 2.24) is 19.8 Å². The van der Waals surface area contributed by atoms with E-state index in [1.807, 2.05) is 42.5 Å². The van der Waals surface area contributed by atoms with Crippen LogP contribution < -0.4 is 0 Å². The number of nitrogens with zero attached hydrogens (tertiary/aromatic N) is 4. The van der Waals surface area contributed by atoms with Crippen LogP contribution in [-0.4, -0.2) is 53.2 Å². The Kier molecular flexibility index (Phi) is 5.27. The van der Waals surface area contributed by atoms with Crippen molar-refractivity contribution in [2.45, 2.75) is 26.1 Å². The van der Waals surface area contributed by atoms with Crippen molar-refractivity contribution < 1.29 is 9.59 Å². The van der Waals surface area contributed by atoms with Crippen molar-refractivity contribution in [3.8, 4) is 0 Å². The zero-order chi connectivity index (χ0) is 22.4. The standard InChI is InChI=1S/C24H20N4O2S2/c1-27(2)24(30)19-23-21(15-9-5-7-11-17(15)26-19)31-20-14-8-4-6-10-16(14)25-18(22(20)32-23)12-28(3)13-29/h4-11,13H,12H2,1-3H3. The molecule has 0 spiro atoms. The van der Waals surface area contributed by atoms with Gasteiger partial charge in [0.1, 0.15) is 5.69 Å². The molecule has 8 heteroatoms. The van der Waals surface area contributed by atoms with Crippen LogP contribution in [0.2, 0.25) is 0 Å². The molecular weight excluding hydrogens is 440 g/mol. The number of aromatic nitrogens is 2. The molecular formula is C24H20N4O2S2. The maximum atomic E-state index is 13.1. The van der Waals surface area contributed by atoms with Gasteiger partial charge in [0.05, 0.1) is 33.1 Å². The zero-order valence-electron chi connectivity index (χ0n) is 17.8. The SMILES string of the molecule is CN(C=O)Cc1nc2ccccc2c2c1Sc1c(C(=O)N(C)C)nc3ccccc3c1S2. The Labute approximate surface area is 194 Å². The van der Waals surface area contributed by atoms with E-state index in [0.29, 0.717) is 12.2 Å². The number of hydrogen-bond acceptors (Lipinski definition) is 6. The smallest absolute Gasteiger partial charge is 0.273 e. The van der Waals surface area contributed by atoms with Crippen molar-refractivity contribution in [2.75, 3.05) is 21.1 Å². The van der Waals surface area contributed by atoms with Gasteiger partial charge in [-0.3, -0.25) is 9.59 Å².